The van der Waals surface area contributed by atoms with E-state index in [2.05, 4.69) is 0 Å². The van der Waals surface area contributed by atoms with Crippen molar-refractivity contribution >= 4 is 17.2 Å². The SMILES string of the molecule is CC(=O)c1ccc(N(C)CC2CC2)c([N+](=O)[O-])c1. The molecule has 1 aliphatic rings. The summed E-state index contributed by atoms with van der Waals surface area (Å²) < 4.78 is 0. The van der Waals surface area contributed by atoms with Crippen LogP contribution in [0.25, 0.3) is 0 Å². The zero-order valence-electron chi connectivity index (χ0n) is 10.5. The van der Waals surface area contributed by atoms with E-state index in [-0.39, 0.29) is 11.5 Å². The Labute approximate surface area is 106 Å². The second kappa shape index (κ2) is 4.76. The maximum Gasteiger partial charge on any atom is 0.293 e. The number of benzene rings is 1. The summed E-state index contributed by atoms with van der Waals surface area (Å²) in [6, 6.07) is 4.67. The van der Waals surface area contributed by atoms with Crippen molar-refractivity contribution < 1.29 is 9.72 Å². The van der Waals surface area contributed by atoms with Crippen molar-refractivity contribution in [3.05, 3.63) is 33.9 Å². The normalized spacial score (nSPS) is 14.3. The Balaban J connectivity index is 2.32. The van der Waals surface area contributed by atoms with Crippen LogP contribution in [0.15, 0.2) is 18.2 Å². The molecule has 0 aromatic heterocycles. The first-order valence-electron chi connectivity index (χ1n) is 5.99. The maximum atomic E-state index is 11.3. The van der Waals surface area contributed by atoms with Crippen LogP contribution in [-0.2, 0) is 0 Å². The number of Topliss-reactive ketones (excluding diaryl/α,β-unsaturated/α-hetero) is 1. The van der Waals surface area contributed by atoms with Gasteiger partial charge in [0.15, 0.2) is 5.78 Å². The van der Waals surface area contributed by atoms with Crippen molar-refractivity contribution in [1.82, 2.24) is 0 Å². The first-order chi connectivity index (χ1) is 8.49. The largest absolute Gasteiger partial charge is 0.369 e. The summed E-state index contributed by atoms with van der Waals surface area (Å²) >= 11 is 0. The highest BCUT2D eigenvalue weighted by Crippen LogP contribution is 2.34. The zero-order valence-corrected chi connectivity index (χ0v) is 10.5. The van der Waals surface area contributed by atoms with Crippen LogP contribution in [0.5, 0.6) is 0 Å². The van der Waals surface area contributed by atoms with E-state index in [1.165, 1.54) is 25.8 Å². The Kier molecular flexibility index (Phi) is 3.32. The molecule has 1 saturated carbocycles. The van der Waals surface area contributed by atoms with E-state index in [0.717, 1.165) is 6.54 Å². The van der Waals surface area contributed by atoms with Crippen molar-refractivity contribution in [1.29, 1.82) is 0 Å². The summed E-state index contributed by atoms with van der Waals surface area (Å²) in [7, 11) is 1.86. The summed E-state index contributed by atoms with van der Waals surface area (Å²) in [5.41, 5.74) is 0.966. The highest BCUT2D eigenvalue weighted by molar-refractivity contribution is 5.95. The molecule has 1 aromatic rings. The van der Waals surface area contributed by atoms with Gasteiger partial charge in [0, 0.05) is 25.2 Å². The molecule has 0 unspecified atom stereocenters. The number of rotatable bonds is 5. The number of nitro benzene ring substituents is 1. The standard InChI is InChI=1S/C13H16N2O3/c1-9(16)11-5-6-12(13(7-11)15(17)18)14(2)8-10-3-4-10/h5-7,10H,3-4,8H2,1-2H3. The topological polar surface area (TPSA) is 63.5 Å². The number of nitrogens with zero attached hydrogens (tertiary/aromatic N) is 2. The van der Waals surface area contributed by atoms with Crippen LogP contribution >= 0.6 is 0 Å². The van der Waals surface area contributed by atoms with Gasteiger partial charge >= 0.3 is 0 Å². The third kappa shape index (κ3) is 2.67. The lowest BCUT2D eigenvalue weighted by Crippen LogP contribution is -2.21. The number of hydrogen-bond acceptors (Lipinski definition) is 4. The molecule has 0 heterocycles. The van der Waals surface area contributed by atoms with Crippen LogP contribution in [0.3, 0.4) is 0 Å². The van der Waals surface area contributed by atoms with Gasteiger partial charge in [0.05, 0.1) is 4.92 Å². The Morgan fingerprint density at radius 1 is 1.50 bits per heavy atom. The Morgan fingerprint density at radius 3 is 2.67 bits per heavy atom. The van der Waals surface area contributed by atoms with Crippen LogP contribution in [0.2, 0.25) is 0 Å². The molecule has 5 heteroatoms. The Bertz CT molecular complexity index is 495. The molecule has 0 amide bonds. The molecule has 0 aliphatic heterocycles. The molecule has 1 aromatic carbocycles. The Hall–Kier alpha value is -1.91. The van der Waals surface area contributed by atoms with Crippen molar-refractivity contribution in [2.75, 3.05) is 18.5 Å². The van der Waals surface area contributed by atoms with Gasteiger partial charge in [0.25, 0.3) is 5.69 Å². The summed E-state index contributed by atoms with van der Waals surface area (Å²) in [5.74, 6) is 0.497. The van der Waals surface area contributed by atoms with Gasteiger partial charge in [-0.05, 0) is 37.8 Å². The molecule has 0 spiro atoms. The number of hydrogen-bond donors (Lipinski definition) is 0. The zero-order chi connectivity index (χ0) is 13.3. The molecule has 2 rings (SSSR count). The van der Waals surface area contributed by atoms with Crippen molar-refractivity contribution in [3.8, 4) is 0 Å². The lowest BCUT2D eigenvalue weighted by Gasteiger charge is -2.19. The van der Waals surface area contributed by atoms with E-state index < -0.39 is 4.92 Å². The van der Waals surface area contributed by atoms with Crippen LogP contribution in [0.1, 0.15) is 30.1 Å². The molecule has 96 valence electrons. The first kappa shape index (κ1) is 12.5. The molecule has 0 saturated heterocycles. The number of carbonyl (C=O) groups is 1. The molecule has 0 radical (unpaired) electrons. The predicted molar refractivity (Wildman–Crippen MR) is 69.1 cm³/mol. The second-order valence-electron chi connectivity index (χ2n) is 4.84. The van der Waals surface area contributed by atoms with Crippen molar-refractivity contribution in [2.24, 2.45) is 5.92 Å². The van der Waals surface area contributed by atoms with Gasteiger partial charge in [-0.3, -0.25) is 14.9 Å². The van der Waals surface area contributed by atoms with Crippen LogP contribution < -0.4 is 4.90 Å². The minimum absolute atomic E-state index is 0.00542. The Morgan fingerprint density at radius 2 is 2.17 bits per heavy atom. The number of anilines is 1. The summed E-state index contributed by atoms with van der Waals surface area (Å²) in [4.78, 5) is 23.8. The summed E-state index contributed by atoms with van der Waals surface area (Å²) in [5, 5.41) is 11.1. The monoisotopic (exact) mass is 248 g/mol. The second-order valence-corrected chi connectivity index (χ2v) is 4.84. The maximum absolute atomic E-state index is 11.3. The van der Waals surface area contributed by atoms with Gasteiger partial charge in [-0.15, -0.1) is 0 Å². The molecule has 1 aliphatic carbocycles. The fourth-order valence-corrected chi connectivity index (χ4v) is 2.00. The van der Waals surface area contributed by atoms with E-state index in [0.29, 0.717) is 17.2 Å². The molecule has 1 fully saturated rings. The number of ketones is 1. The van der Waals surface area contributed by atoms with Gasteiger partial charge in [0.2, 0.25) is 0 Å². The van der Waals surface area contributed by atoms with E-state index in [1.807, 2.05) is 11.9 Å². The molecule has 0 N–H and O–H groups in total. The van der Waals surface area contributed by atoms with E-state index in [4.69, 9.17) is 0 Å². The smallest absolute Gasteiger partial charge is 0.293 e. The van der Waals surface area contributed by atoms with Crippen molar-refractivity contribution in [3.63, 3.8) is 0 Å². The van der Waals surface area contributed by atoms with Gasteiger partial charge in [-0.2, -0.15) is 0 Å². The quantitative estimate of drug-likeness (QED) is 0.456. The van der Waals surface area contributed by atoms with Gasteiger partial charge in [-0.25, -0.2) is 0 Å². The fourth-order valence-electron chi connectivity index (χ4n) is 2.00. The summed E-state index contributed by atoms with van der Waals surface area (Å²) in [6.45, 7) is 2.24. The van der Waals surface area contributed by atoms with Gasteiger partial charge in [-0.1, -0.05) is 0 Å². The van der Waals surface area contributed by atoms with Crippen molar-refractivity contribution in [2.45, 2.75) is 19.8 Å². The van der Waals surface area contributed by atoms with E-state index in [9.17, 15) is 14.9 Å². The fraction of sp³-hybridized carbons (Fsp3) is 0.462. The minimum Gasteiger partial charge on any atom is -0.369 e. The van der Waals surface area contributed by atoms with E-state index in [1.54, 1.807) is 12.1 Å². The van der Waals surface area contributed by atoms with Crippen LogP contribution in [0.4, 0.5) is 11.4 Å². The lowest BCUT2D eigenvalue weighted by molar-refractivity contribution is -0.384. The lowest BCUT2D eigenvalue weighted by atomic mass is 10.1. The molecule has 18 heavy (non-hydrogen) atoms. The third-order valence-corrected chi connectivity index (χ3v) is 3.22. The average Bonchev–Trinajstić information content (AvgIpc) is 3.11. The molecule has 5 nitrogen and oxygen atoms in total. The number of nitro groups is 1. The van der Waals surface area contributed by atoms with Gasteiger partial charge < -0.3 is 4.90 Å². The third-order valence-electron chi connectivity index (χ3n) is 3.22. The average molecular weight is 248 g/mol. The van der Waals surface area contributed by atoms with E-state index >= 15 is 0 Å². The molecule has 0 atom stereocenters. The number of carbonyl (C=O) groups excluding carboxylic acids is 1. The first-order valence-corrected chi connectivity index (χ1v) is 5.99. The van der Waals surface area contributed by atoms with Crippen LogP contribution in [-0.4, -0.2) is 24.3 Å². The predicted octanol–water partition coefficient (Wildman–Crippen LogP) is 2.64. The highest BCUT2D eigenvalue weighted by atomic mass is 16.6. The highest BCUT2D eigenvalue weighted by Gasteiger charge is 2.26. The van der Waals surface area contributed by atoms with Gasteiger partial charge in [0.1, 0.15) is 5.69 Å². The molecule has 0 bridgehead atoms. The minimum atomic E-state index is -0.425. The molecular formula is C13H16N2O3. The van der Waals surface area contributed by atoms with Crippen LogP contribution in [0, 0.1) is 16.0 Å². The molecular weight excluding hydrogens is 232 g/mol. The summed E-state index contributed by atoms with van der Waals surface area (Å²) in [6.07, 6.45) is 2.40.